The summed E-state index contributed by atoms with van der Waals surface area (Å²) in [7, 11) is 0. The molecule has 1 heterocycles. The molecule has 2 aromatic carbocycles. The fourth-order valence-electron chi connectivity index (χ4n) is 1.98. The molecule has 1 aromatic heterocycles. The van der Waals surface area contributed by atoms with Gasteiger partial charge in [0.2, 0.25) is 0 Å². The molecule has 0 saturated carbocycles. The van der Waals surface area contributed by atoms with E-state index in [1.54, 1.807) is 18.3 Å². The lowest BCUT2D eigenvalue weighted by molar-refractivity contribution is 0.631. The quantitative estimate of drug-likeness (QED) is 0.773. The molecule has 5 heteroatoms. The highest BCUT2D eigenvalue weighted by Crippen LogP contribution is 2.26. The van der Waals surface area contributed by atoms with E-state index >= 15 is 0 Å². The molecule has 20 heavy (non-hydrogen) atoms. The molecule has 0 aliphatic carbocycles. The molecule has 0 amide bonds. The van der Waals surface area contributed by atoms with Crippen LogP contribution in [-0.2, 0) is 0 Å². The monoisotopic (exact) mass is 264 g/mol. The Kier molecular flexibility index (Phi) is 2.98. The van der Waals surface area contributed by atoms with Crippen molar-refractivity contribution in [3.63, 3.8) is 0 Å². The number of hydrogen-bond donors (Lipinski definition) is 1. The third-order valence-corrected chi connectivity index (χ3v) is 3.00. The van der Waals surface area contributed by atoms with Gasteiger partial charge in [-0.3, -0.25) is 0 Å². The summed E-state index contributed by atoms with van der Waals surface area (Å²) in [6, 6.07) is 13.7. The molecule has 3 aromatic rings. The van der Waals surface area contributed by atoms with Crippen molar-refractivity contribution >= 4 is 0 Å². The molecular weight excluding hydrogens is 255 g/mol. The Labute approximate surface area is 114 Å². The molecule has 0 aliphatic heterocycles. The van der Waals surface area contributed by atoms with Crippen molar-refractivity contribution in [1.82, 2.24) is 15.4 Å². The van der Waals surface area contributed by atoms with Crippen LogP contribution in [0.2, 0.25) is 0 Å². The van der Waals surface area contributed by atoms with E-state index in [4.69, 9.17) is 5.26 Å². The minimum Gasteiger partial charge on any atom is -0.206 e. The highest BCUT2D eigenvalue weighted by molar-refractivity contribution is 5.69. The van der Waals surface area contributed by atoms with Gasteiger partial charge in [-0.25, -0.2) is 4.39 Å². The predicted molar refractivity (Wildman–Crippen MR) is 71.9 cm³/mol. The number of nitriles is 1. The maximum absolute atomic E-state index is 13.9. The number of rotatable bonds is 2. The Morgan fingerprint density at radius 3 is 2.40 bits per heavy atom. The standard InChI is InChI=1S/C15H9FN4/c16-14-7-10(8-17)1-6-13(14)11-2-4-12(5-3-11)15-9-18-20-19-15/h1-7,9H,(H,18,19,20). The van der Waals surface area contributed by atoms with Gasteiger partial charge in [0, 0.05) is 11.1 Å². The zero-order valence-electron chi connectivity index (χ0n) is 10.3. The van der Waals surface area contributed by atoms with E-state index in [1.807, 2.05) is 30.3 Å². The summed E-state index contributed by atoms with van der Waals surface area (Å²) in [4.78, 5) is 0. The second-order valence-corrected chi connectivity index (χ2v) is 4.24. The summed E-state index contributed by atoms with van der Waals surface area (Å²) in [5, 5.41) is 19.0. The maximum atomic E-state index is 13.9. The van der Waals surface area contributed by atoms with Crippen LogP contribution in [0.25, 0.3) is 22.4 Å². The number of H-pyrrole nitrogens is 1. The molecular formula is C15H9FN4. The van der Waals surface area contributed by atoms with Gasteiger partial charge in [0.1, 0.15) is 11.5 Å². The van der Waals surface area contributed by atoms with Crippen LogP contribution < -0.4 is 0 Å². The molecule has 0 aliphatic rings. The van der Waals surface area contributed by atoms with E-state index in [0.717, 1.165) is 16.8 Å². The van der Waals surface area contributed by atoms with Gasteiger partial charge >= 0.3 is 0 Å². The largest absolute Gasteiger partial charge is 0.206 e. The summed E-state index contributed by atoms with van der Waals surface area (Å²) in [6.07, 6.45) is 1.62. The minimum absolute atomic E-state index is 0.311. The number of nitrogens with one attached hydrogen (secondary N) is 1. The first-order chi connectivity index (χ1) is 9.78. The average Bonchev–Trinajstić information content (AvgIpc) is 3.01. The number of benzene rings is 2. The first-order valence-electron chi connectivity index (χ1n) is 5.94. The lowest BCUT2D eigenvalue weighted by Crippen LogP contribution is -1.87. The van der Waals surface area contributed by atoms with E-state index in [-0.39, 0.29) is 0 Å². The van der Waals surface area contributed by atoms with Crippen molar-refractivity contribution in [1.29, 1.82) is 5.26 Å². The maximum Gasteiger partial charge on any atom is 0.132 e. The van der Waals surface area contributed by atoms with Gasteiger partial charge in [-0.05, 0) is 17.7 Å². The first-order valence-corrected chi connectivity index (χ1v) is 5.94. The fourth-order valence-corrected chi connectivity index (χ4v) is 1.98. The number of halogens is 1. The molecule has 1 N–H and O–H groups in total. The van der Waals surface area contributed by atoms with Crippen LogP contribution in [0.15, 0.2) is 48.7 Å². The second-order valence-electron chi connectivity index (χ2n) is 4.24. The number of hydrogen-bond acceptors (Lipinski definition) is 3. The molecule has 0 unspecified atom stereocenters. The molecule has 0 spiro atoms. The van der Waals surface area contributed by atoms with Crippen LogP contribution >= 0.6 is 0 Å². The Morgan fingerprint density at radius 2 is 1.80 bits per heavy atom. The van der Waals surface area contributed by atoms with Crippen molar-refractivity contribution in [3.05, 3.63) is 60.0 Å². The number of nitrogens with zero attached hydrogens (tertiary/aromatic N) is 3. The molecule has 0 saturated heterocycles. The normalized spacial score (nSPS) is 10.2. The van der Waals surface area contributed by atoms with Gasteiger partial charge in [0.15, 0.2) is 0 Å². The van der Waals surface area contributed by atoms with Crippen molar-refractivity contribution in [2.75, 3.05) is 0 Å². The van der Waals surface area contributed by atoms with E-state index in [2.05, 4.69) is 15.4 Å². The topological polar surface area (TPSA) is 65.4 Å². The zero-order valence-corrected chi connectivity index (χ0v) is 10.3. The van der Waals surface area contributed by atoms with Crippen molar-refractivity contribution < 1.29 is 4.39 Å². The van der Waals surface area contributed by atoms with Gasteiger partial charge in [0.05, 0.1) is 17.8 Å². The zero-order chi connectivity index (χ0) is 13.9. The molecule has 0 atom stereocenters. The molecule has 4 nitrogen and oxygen atoms in total. The van der Waals surface area contributed by atoms with E-state index in [0.29, 0.717) is 11.1 Å². The summed E-state index contributed by atoms with van der Waals surface area (Å²) >= 11 is 0. The Hall–Kier alpha value is -3.00. The molecule has 0 bridgehead atoms. The van der Waals surface area contributed by atoms with Crippen LogP contribution in [0.5, 0.6) is 0 Å². The third kappa shape index (κ3) is 2.15. The van der Waals surface area contributed by atoms with Crippen molar-refractivity contribution in [3.8, 4) is 28.5 Å². The molecule has 0 fully saturated rings. The Balaban J connectivity index is 1.98. The number of aromatic nitrogens is 3. The van der Waals surface area contributed by atoms with Crippen molar-refractivity contribution in [2.24, 2.45) is 0 Å². The van der Waals surface area contributed by atoms with E-state index in [9.17, 15) is 4.39 Å². The minimum atomic E-state index is -0.404. The smallest absolute Gasteiger partial charge is 0.132 e. The summed E-state index contributed by atoms with van der Waals surface area (Å²) < 4.78 is 13.9. The summed E-state index contributed by atoms with van der Waals surface area (Å²) in [6.45, 7) is 0. The van der Waals surface area contributed by atoms with Gasteiger partial charge < -0.3 is 0 Å². The van der Waals surface area contributed by atoms with Crippen LogP contribution in [0.1, 0.15) is 5.56 Å². The van der Waals surface area contributed by atoms with Crippen LogP contribution in [0, 0.1) is 17.1 Å². The molecule has 3 rings (SSSR count). The fraction of sp³-hybridized carbons (Fsp3) is 0. The van der Waals surface area contributed by atoms with E-state index in [1.165, 1.54) is 6.07 Å². The van der Waals surface area contributed by atoms with Crippen molar-refractivity contribution in [2.45, 2.75) is 0 Å². The third-order valence-electron chi connectivity index (χ3n) is 3.00. The highest BCUT2D eigenvalue weighted by atomic mass is 19.1. The average molecular weight is 264 g/mol. The Morgan fingerprint density at radius 1 is 1.05 bits per heavy atom. The lowest BCUT2D eigenvalue weighted by atomic mass is 10.0. The summed E-state index contributed by atoms with van der Waals surface area (Å²) in [5.74, 6) is -0.404. The van der Waals surface area contributed by atoms with Gasteiger partial charge in [-0.15, -0.1) is 0 Å². The predicted octanol–water partition coefficient (Wildman–Crippen LogP) is 3.15. The lowest BCUT2D eigenvalue weighted by Gasteiger charge is -2.04. The van der Waals surface area contributed by atoms with Gasteiger partial charge in [-0.2, -0.15) is 20.7 Å². The molecule has 0 radical (unpaired) electrons. The first kappa shape index (κ1) is 12.1. The van der Waals surface area contributed by atoms with Crippen LogP contribution in [0.4, 0.5) is 4.39 Å². The highest BCUT2D eigenvalue weighted by Gasteiger charge is 2.07. The van der Waals surface area contributed by atoms with Crippen LogP contribution in [-0.4, -0.2) is 15.4 Å². The summed E-state index contributed by atoms with van der Waals surface area (Å²) in [5.41, 5.74) is 3.16. The second kappa shape index (κ2) is 4.94. The van der Waals surface area contributed by atoms with Gasteiger partial charge in [-0.1, -0.05) is 30.3 Å². The Bertz CT molecular complexity index is 771. The molecule has 96 valence electrons. The van der Waals surface area contributed by atoms with Crippen LogP contribution in [0.3, 0.4) is 0 Å². The SMILES string of the molecule is N#Cc1ccc(-c2ccc(-c3cn[nH]n3)cc2)c(F)c1. The van der Waals surface area contributed by atoms with Gasteiger partial charge in [0.25, 0.3) is 0 Å². The van der Waals surface area contributed by atoms with E-state index < -0.39 is 5.82 Å². The number of aromatic amines is 1.